The first-order valence-electron chi connectivity index (χ1n) is 5.64. The Kier molecular flexibility index (Phi) is 3.43. The summed E-state index contributed by atoms with van der Waals surface area (Å²) in [4.78, 5) is 0. The van der Waals surface area contributed by atoms with E-state index in [1.54, 1.807) is 0 Å². The summed E-state index contributed by atoms with van der Waals surface area (Å²) in [6.45, 7) is 4.87. The third-order valence-corrected chi connectivity index (χ3v) is 2.95. The lowest BCUT2D eigenvalue weighted by atomic mass is 10.1. The van der Waals surface area contributed by atoms with Gasteiger partial charge in [0.25, 0.3) is 0 Å². The van der Waals surface area contributed by atoms with E-state index in [4.69, 9.17) is 10.00 Å². The Morgan fingerprint density at radius 2 is 2.44 bits per heavy atom. The summed E-state index contributed by atoms with van der Waals surface area (Å²) in [5.41, 5.74) is 1.75. The van der Waals surface area contributed by atoms with Crippen LogP contribution < -0.4 is 10.1 Å². The monoisotopic (exact) mass is 216 g/mol. The van der Waals surface area contributed by atoms with Crippen molar-refractivity contribution in [2.45, 2.75) is 13.3 Å². The van der Waals surface area contributed by atoms with E-state index >= 15 is 0 Å². The third kappa shape index (κ3) is 2.53. The van der Waals surface area contributed by atoms with Crippen molar-refractivity contribution in [2.24, 2.45) is 5.92 Å². The first-order chi connectivity index (χ1) is 7.79. The highest BCUT2D eigenvalue weighted by molar-refractivity contribution is 5.41. The molecule has 0 aliphatic carbocycles. The predicted molar refractivity (Wildman–Crippen MR) is 62.4 cm³/mol. The van der Waals surface area contributed by atoms with Gasteiger partial charge in [0.2, 0.25) is 0 Å². The number of benzene rings is 1. The molecule has 84 valence electrons. The van der Waals surface area contributed by atoms with Crippen LogP contribution in [0.25, 0.3) is 0 Å². The lowest BCUT2D eigenvalue weighted by Gasteiger charge is -2.12. The van der Waals surface area contributed by atoms with Crippen LogP contribution in [0.1, 0.15) is 17.5 Å². The van der Waals surface area contributed by atoms with Gasteiger partial charge in [0.1, 0.15) is 5.75 Å². The van der Waals surface area contributed by atoms with E-state index in [1.807, 2.05) is 25.1 Å². The van der Waals surface area contributed by atoms with E-state index in [2.05, 4.69) is 11.4 Å². The SMILES string of the molecule is Cc1ccc(C#N)cc1OCC1CCNC1. The van der Waals surface area contributed by atoms with Crippen LogP contribution >= 0.6 is 0 Å². The number of aryl methyl sites for hydroxylation is 1. The molecule has 1 atom stereocenters. The number of rotatable bonds is 3. The van der Waals surface area contributed by atoms with Gasteiger partial charge in [0.05, 0.1) is 18.2 Å². The summed E-state index contributed by atoms with van der Waals surface area (Å²) in [5.74, 6) is 1.44. The van der Waals surface area contributed by atoms with Crippen molar-refractivity contribution >= 4 is 0 Å². The number of hydrogen-bond acceptors (Lipinski definition) is 3. The first-order valence-corrected chi connectivity index (χ1v) is 5.64. The van der Waals surface area contributed by atoms with Crippen LogP contribution in [0.2, 0.25) is 0 Å². The molecule has 1 heterocycles. The average Bonchev–Trinajstić information content (AvgIpc) is 2.81. The third-order valence-electron chi connectivity index (χ3n) is 2.95. The molecule has 0 aromatic heterocycles. The zero-order valence-electron chi connectivity index (χ0n) is 9.49. The molecule has 1 aliphatic rings. The van der Waals surface area contributed by atoms with Crippen molar-refractivity contribution in [3.63, 3.8) is 0 Å². The van der Waals surface area contributed by atoms with Crippen molar-refractivity contribution in [3.05, 3.63) is 29.3 Å². The minimum absolute atomic E-state index is 0.602. The van der Waals surface area contributed by atoms with Gasteiger partial charge in [0, 0.05) is 12.5 Å². The molecule has 1 aliphatic heterocycles. The highest BCUT2D eigenvalue weighted by Crippen LogP contribution is 2.20. The molecule has 16 heavy (non-hydrogen) atoms. The predicted octanol–water partition coefficient (Wildman–Crippen LogP) is 1.85. The number of nitrogens with one attached hydrogen (secondary N) is 1. The molecule has 1 saturated heterocycles. The molecule has 3 heteroatoms. The lowest BCUT2D eigenvalue weighted by Crippen LogP contribution is -2.15. The highest BCUT2D eigenvalue weighted by Gasteiger charge is 2.15. The second-order valence-corrected chi connectivity index (χ2v) is 4.26. The fraction of sp³-hybridized carbons (Fsp3) is 0.462. The Bertz CT molecular complexity index is 403. The summed E-state index contributed by atoms with van der Waals surface area (Å²) >= 11 is 0. The molecular weight excluding hydrogens is 200 g/mol. The minimum atomic E-state index is 0.602. The summed E-state index contributed by atoms with van der Waals surface area (Å²) in [6, 6.07) is 7.70. The topological polar surface area (TPSA) is 45.0 Å². The van der Waals surface area contributed by atoms with Crippen LogP contribution in [-0.2, 0) is 0 Å². The summed E-state index contributed by atoms with van der Waals surface area (Å²) < 4.78 is 5.77. The molecule has 1 aromatic rings. The Morgan fingerprint density at radius 3 is 3.12 bits per heavy atom. The molecule has 1 N–H and O–H groups in total. The Balaban J connectivity index is 2.00. The van der Waals surface area contributed by atoms with Crippen molar-refractivity contribution in [3.8, 4) is 11.8 Å². The fourth-order valence-electron chi connectivity index (χ4n) is 1.89. The second kappa shape index (κ2) is 5.00. The molecule has 0 radical (unpaired) electrons. The zero-order valence-corrected chi connectivity index (χ0v) is 9.49. The summed E-state index contributed by atoms with van der Waals surface area (Å²) in [7, 11) is 0. The maximum atomic E-state index is 8.82. The molecule has 3 nitrogen and oxygen atoms in total. The smallest absolute Gasteiger partial charge is 0.123 e. The van der Waals surface area contributed by atoms with Gasteiger partial charge in [-0.05, 0) is 37.6 Å². The Morgan fingerprint density at radius 1 is 1.56 bits per heavy atom. The summed E-state index contributed by atoms with van der Waals surface area (Å²) in [5, 5.41) is 12.1. The molecule has 0 saturated carbocycles. The van der Waals surface area contributed by atoms with Crippen LogP contribution in [0.5, 0.6) is 5.75 Å². The molecule has 1 unspecified atom stereocenters. The number of ether oxygens (including phenoxy) is 1. The molecule has 0 spiro atoms. The maximum Gasteiger partial charge on any atom is 0.123 e. The van der Waals surface area contributed by atoms with E-state index < -0.39 is 0 Å². The lowest BCUT2D eigenvalue weighted by molar-refractivity contribution is 0.258. The normalized spacial score (nSPS) is 19.4. The van der Waals surface area contributed by atoms with Gasteiger partial charge in [0.15, 0.2) is 0 Å². The standard InChI is InChI=1S/C13H16N2O/c1-10-2-3-11(7-14)6-13(10)16-9-12-4-5-15-8-12/h2-3,6,12,15H,4-5,8-9H2,1H3. The molecule has 1 aromatic carbocycles. The summed E-state index contributed by atoms with van der Waals surface area (Å²) in [6.07, 6.45) is 1.18. The maximum absolute atomic E-state index is 8.82. The van der Waals surface area contributed by atoms with E-state index in [0.717, 1.165) is 31.0 Å². The average molecular weight is 216 g/mol. The van der Waals surface area contributed by atoms with Gasteiger partial charge < -0.3 is 10.1 Å². The molecule has 1 fully saturated rings. The minimum Gasteiger partial charge on any atom is -0.493 e. The van der Waals surface area contributed by atoms with Gasteiger partial charge in [-0.2, -0.15) is 5.26 Å². The van der Waals surface area contributed by atoms with Crippen molar-refractivity contribution in [1.82, 2.24) is 5.32 Å². The van der Waals surface area contributed by atoms with E-state index in [-0.39, 0.29) is 0 Å². The van der Waals surface area contributed by atoms with Gasteiger partial charge in [-0.25, -0.2) is 0 Å². The van der Waals surface area contributed by atoms with E-state index in [0.29, 0.717) is 11.5 Å². The van der Waals surface area contributed by atoms with E-state index in [9.17, 15) is 0 Å². The quantitative estimate of drug-likeness (QED) is 0.838. The Labute approximate surface area is 96.0 Å². The van der Waals surface area contributed by atoms with Gasteiger partial charge in [-0.1, -0.05) is 6.07 Å². The van der Waals surface area contributed by atoms with Crippen molar-refractivity contribution in [1.29, 1.82) is 5.26 Å². The van der Waals surface area contributed by atoms with Gasteiger partial charge >= 0.3 is 0 Å². The fourth-order valence-corrected chi connectivity index (χ4v) is 1.89. The highest BCUT2D eigenvalue weighted by atomic mass is 16.5. The Hall–Kier alpha value is -1.53. The van der Waals surface area contributed by atoms with Gasteiger partial charge in [-0.15, -0.1) is 0 Å². The van der Waals surface area contributed by atoms with Crippen LogP contribution in [0.15, 0.2) is 18.2 Å². The van der Waals surface area contributed by atoms with Crippen LogP contribution in [0.4, 0.5) is 0 Å². The molecule has 0 bridgehead atoms. The van der Waals surface area contributed by atoms with Crippen LogP contribution in [0, 0.1) is 24.2 Å². The molecule has 0 amide bonds. The van der Waals surface area contributed by atoms with Crippen LogP contribution in [0.3, 0.4) is 0 Å². The zero-order chi connectivity index (χ0) is 11.4. The van der Waals surface area contributed by atoms with E-state index in [1.165, 1.54) is 6.42 Å². The number of nitrogens with zero attached hydrogens (tertiary/aromatic N) is 1. The largest absolute Gasteiger partial charge is 0.493 e. The van der Waals surface area contributed by atoms with Crippen molar-refractivity contribution < 1.29 is 4.74 Å². The number of nitriles is 1. The van der Waals surface area contributed by atoms with Crippen molar-refractivity contribution in [2.75, 3.05) is 19.7 Å². The second-order valence-electron chi connectivity index (χ2n) is 4.26. The van der Waals surface area contributed by atoms with Crippen LogP contribution in [-0.4, -0.2) is 19.7 Å². The molecular formula is C13H16N2O. The van der Waals surface area contributed by atoms with Gasteiger partial charge in [-0.3, -0.25) is 0 Å². The first kappa shape index (κ1) is 11.0. The molecule has 2 rings (SSSR count). The number of hydrogen-bond donors (Lipinski definition) is 1.